The number of hydrogen-bond donors (Lipinski definition) is 0. The van der Waals surface area contributed by atoms with Gasteiger partial charge in [-0.15, -0.1) is 11.3 Å². The van der Waals surface area contributed by atoms with E-state index in [9.17, 15) is 9.59 Å². The lowest BCUT2D eigenvalue weighted by molar-refractivity contribution is -0.132. The highest BCUT2D eigenvalue weighted by molar-refractivity contribution is 9.11. The van der Waals surface area contributed by atoms with Gasteiger partial charge < -0.3 is 9.64 Å². The predicted molar refractivity (Wildman–Crippen MR) is 85.8 cm³/mol. The molecule has 4 nitrogen and oxygen atoms in total. The Bertz CT molecular complexity index is 641. The summed E-state index contributed by atoms with van der Waals surface area (Å²) >= 11 is 4.98. The molecule has 0 fully saturated rings. The summed E-state index contributed by atoms with van der Waals surface area (Å²) in [5.74, 6) is 0.286. The van der Waals surface area contributed by atoms with Gasteiger partial charge in [-0.25, -0.2) is 0 Å². The van der Waals surface area contributed by atoms with Crippen LogP contribution in [0.25, 0.3) is 0 Å². The normalized spacial score (nSPS) is 10.2. The average Bonchev–Trinajstić information content (AvgIpc) is 2.90. The number of amides is 1. The van der Waals surface area contributed by atoms with Gasteiger partial charge in [0.2, 0.25) is 0 Å². The topological polar surface area (TPSA) is 46.6 Å². The van der Waals surface area contributed by atoms with Gasteiger partial charge in [0.15, 0.2) is 12.9 Å². The molecule has 0 atom stereocenters. The first-order valence-corrected chi connectivity index (χ1v) is 7.86. The molecule has 1 aromatic carbocycles. The number of benzene rings is 1. The highest BCUT2D eigenvalue weighted by Gasteiger charge is 2.12. The van der Waals surface area contributed by atoms with E-state index < -0.39 is 0 Å². The van der Waals surface area contributed by atoms with Gasteiger partial charge in [0, 0.05) is 11.9 Å². The first-order valence-electron chi connectivity index (χ1n) is 6.25. The summed E-state index contributed by atoms with van der Waals surface area (Å²) in [5.41, 5.74) is 0.440. The second kappa shape index (κ2) is 7.38. The molecule has 0 spiro atoms. The predicted octanol–water partition coefficient (Wildman–Crippen LogP) is 3.36. The minimum Gasteiger partial charge on any atom is -0.483 e. The summed E-state index contributed by atoms with van der Waals surface area (Å²) in [6.07, 6.45) is 0.715. The number of para-hydroxylation sites is 1. The SMILES string of the molecule is CN(Cc1ccc(Br)s1)C(=O)COc1ccccc1C=O. The Morgan fingerprint density at radius 1 is 1.33 bits per heavy atom. The van der Waals surface area contributed by atoms with Gasteiger partial charge in [-0.2, -0.15) is 0 Å². The van der Waals surface area contributed by atoms with Crippen LogP contribution in [0.5, 0.6) is 5.75 Å². The fourth-order valence-electron chi connectivity index (χ4n) is 1.72. The average molecular weight is 368 g/mol. The zero-order valence-electron chi connectivity index (χ0n) is 11.4. The van der Waals surface area contributed by atoms with Crippen molar-refractivity contribution in [1.82, 2.24) is 4.90 Å². The summed E-state index contributed by atoms with van der Waals surface area (Å²) in [6.45, 7) is 0.446. The van der Waals surface area contributed by atoms with Crippen LogP contribution in [0.1, 0.15) is 15.2 Å². The van der Waals surface area contributed by atoms with E-state index in [1.54, 1.807) is 47.5 Å². The smallest absolute Gasteiger partial charge is 0.260 e. The van der Waals surface area contributed by atoms with Crippen molar-refractivity contribution in [1.29, 1.82) is 0 Å². The van der Waals surface area contributed by atoms with Gasteiger partial charge in [0.1, 0.15) is 5.75 Å². The van der Waals surface area contributed by atoms with Gasteiger partial charge in [-0.3, -0.25) is 9.59 Å². The second-order valence-electron chi connectivity index (χ2n) is 4.40. The van der Waals surface area contributed by atoms with E-state index in [2.05, 4.69) is 15.9 Å². The van der Waals surface area contributed by atoms with Crippen LogP contribution in [0.15, 0.2) is 40.2 Å². The van der Waals surface area contributed by atoms with Gasteiger partial charge in [-0.05, 0) is 40.2 Å². The molecular weight excluding hydrogens is 354 g/mol. The number of carbonyl (C=O) groups is 2. The van der Waals surface area contributed by atoms with Crippen LogP contribution in [0.2, 0.25) is 0 Å². The molecule has 2 rings (SSSR count). The number of rotatable bonds is 6. The van der Waals surface area contributed by atoms with Gasteiger partial charge in [0.25, 0.3) is 5.91 Å². The van der Waals surface area contributed by atoms with Gasteiger partial charge in [0.05, 0.1) is 15.9 Å². The van der Waals surface area contributed by atoms with Crippen molar-refractivity contribution in [3.63, 3.8) is 0 Å². The monoisotopic (exact) mass is 367 g/mol. The molecule has 1 aromatic heterocycles. The first kappa shape index (κ1) is 15.7. The van der Waals surface area contributed by atoms with Crippen molar-refractivity contribution in [3.8, 4) is 5.75 Å². The maximum absolute atomic E-state index is 12.0. The maximum atomic E-state index is 12.0. The molecule has 0 unspecified atom stereocenters. The number of aldehydes is 1. The summed E-state index contributed by atoms with van der Waals surface area (Å²) in [7, 11) is 1.73. The van der Waals surface area contributed by atoms with E-state index in [1.165, 1.54) is 0 Å². The van der Waals surface area contributed by atoms with Crippen LogP contribution in [-0.2, 0) is 11.3 Å². The lowest BCUT2D eigenvalue weighted by Gasteiger charge is -2.17. The van der Waals surface area contributed by atoms with Crippen molar-refractivity contribution in [2.75, 3.05) is 13.7 Å². The second-order valence-corrected chi connectivity index (χ2v) is 6.95. The van der Waals surface area contributed by atoms with E-state index in [4.69, 9.17) is 4.74 Å². The van der Waals surface area contributed by atoms with Crippen molar-refractivity contribution < 1.29 is 14.3 Å². The van der Waals surface area contributed by atoms with Crippen LogP contribution in [0.3, 0.4) is 0 Å². The molecule has 0 radical (unpaired) electrons. The minimum absolute atomic E-state index is 0.0894. The molecule has 0 saturated heterocycles. The minimum atomic E-state index is -0.139. The standard InChI is InChI=1S/C15H14BrNO3S/c1-17(8-12-6-7-14(16)21-12)15(19)10-20-13-5-3-2-4-11(13)9-18/h2-7,9H,8,10H2,1H3. The largest absolute Gasteiger partial charge is 0.483 e. The van der Waals surface area contributed by atoms with Crippen LogP contribution in [0, 0.1) is 0 Å². The summed E-state index contributed by atoms with van der Waals surface area (Å²) < 4.78 is 6.46. The van der Waals surface area contributed by atoms with Crippen molar-refractivity contribution in [2.24, 2.45) is 0 Å². The molecule has 0 aliphatic rings. The number of nitrogens with zero attached hydrogens (tertiary/aromatic N) is 1. The molecule has 0 N–H and O–H groups in total. The lowest BCUT2D eigenvalue weighted by Crippen LogP contribution is -2.30. The van der Waals surface area contributed by atoms with Gasteiger partial charge in [-0.1, -0.05) is 12.1 Å². The Kier molecular flexibility index (Phi) is 5.52. The van der Waals surface area contributed by atoms with Gasteiger partial charge >= 0.3 is 0 Å². The van der Waals surface area contributed by atoms with E-state index in [1.807, 2.05) is 12.1 Å². The maximum Gasteiger partial charge on any atom is 0.260 e. The van der Waals surface area contributed by atoms with Crippen LogP contribution in [-0.4, -0.2) is 30.7 Å². The fraction of sp³-hybridized carbons (Fsp3) is 0.200. The number of hydrogen-bond acceptors (Lipinski definition) is 4. The van der Waals surface area contributed by atoms with E-state index in [0.717, 1.165) is 8.66 Å². The van der Waals surface area contributed by atoms with Crippen molar-refractivity contribution in [2.45, 2.75) is 6.54 Å². The highest BCUT2D eigenvalue weighted by atomic mass is 79.9. The number of halogens is 1. The third-order valence-corrected chi connectivity index (χ3v) is 4.45. The molecule has 0 saturated carbocycles. The summed E-state index contributed by atoms with van der Waals surface area (Å²) in [5, 5.41) is 0. The Morgan fingerprint density at radius 2 is 2.10 bits per heavy atom. The molecule has 110 valence electrons. The molecule has 21 heavy (non-hydrogen) atoms. The third-order valence-electron chi connectivity index (χ3n) is 2.84. The Hall–Kier alpha value is -1.66. The van der Waals surface area contributed by atoms with E-state index in [0.29, 0.717) is 24.1 Å². The quantitative estimate of drug-likeness (QED) is 0.735. The lowest BCUT2D eigenvalue weighted by atomic mass is 10.2. The van der Waals surface area contributed by atoms with Crippen molar-refractivity contribution in [3.05, 3.63) is 50.6 Å². The Morgan fingerprint density at radius 3 is 2.76 bits per heavy atom. The number of thiophene rings is 1. The number of carbonyl (C=O) groups excluding carboxylic acids is 2. The zero-order chi connectivity index (χ0) is 15.2. The van der Waals surface area contributed by atoms with E-state index in [-0.39, 0.29) is 12.5 Å². The fourth-order valence-corrected chi connectivity index (χ4v) is 3.25. The van der Waals surface area contributed by atoms with Crippen LogP contribution >= 0.6 is 27.3 Å². The molecule has 2 aromatic rings. The van der Waals surface area contributed by atoms with E-state index >= 15 is 0 Å². The molecule has 6 heteroatoms. The molecule has 0 aliphatic carbocycles. The summed E-state index contributed by atoms with van der Waals surface area (Å²) in [6, 6.07) is 10.8. The molecule has 1 amide bonds. The van der Waals surface area contributed by atoms with Crippen LogP contribution in [0.4, 0.5) is 0 Å². The molecular formula is C15H14BrNO3S. The highest BCUT2D eigenvalue weighted by Crippen LogP contribution is 2.23. The van der Waals surface area contributed by atoms with Crippen LogP contribution < -0.4 is 4.74 Å². The summed E-state index contributed by atoms with van der Waals surface area (Å²) in [4.78, 5) is 25.6. The Labute approximate surface area is 135 Å². The zero-order valence-corrected chi connectivity index (χ0v) is 13.8. The molecule has 0 aliphatic heterocycles. The molecule has 0 bridgehead atoms. The van der Waals surface area contributed by atoms with Crippen molar-refractivity contribution >= 4 is 39.5 Å². The molecule has 1 heterocycles. The third kappa shape index (κ3) is 4.41. The number of ether oxygens (including phenoxy) is 1. The Balaban J connectivity index is 1.90. The first-order chi connectivity index (χ1) is 10.1. The number of likely N-dealkylation sites (N-methyl/N-ethyl adjacent to an activating group) is 1.